The molecule has 0 aliphatic rings. The van der Waals surface area contributed by atoms with Crippen LogP contribution in [-0.4, -0.2) is 11.9 Å². The molecular formula is C12H14ClNOS. The van der Waals surface area contributed by atoms with E-state index in [1.54, 1.807) is 11.3 Å². The van der Waals surface area contributed by atoms with Crippen LogP contribution in [-0.2, 0) is 13.1 Å². The highest BCUT2D eigenvalue weighted by atomic mass is 35.5. The zero-order valence-corrected chi connectivity index (χ0v) is 10.9. The largest absolute Gasteiger partial charge is 0.465 e. The number of furan rings is 1. The predicted octanol–water partition coefficient (Wildman–Crippen LogP) is 3.93. The van der Waals surface area contributed by atoms with Gasteiger partial charge in [-0.3, -0.25) is 4.90 Å². The summed E-state index contributed by atoms with van der Waals surface area (Å²) in [5, 5.41) is 0. The average molecular weight is 256 g/mol. The van der Waals surface area contributed by atoms with E-state index in [0.29, 0.717) is 0 Å². The van der Waals surface area contributed by atoms with E-state index in [4.69, 9.17) is 16.0 Å². The predicted molar refractivity (Wildman–Crippen MR) is 67.9 cm³/mol. The number of thiophene rings is 1. The summed E-state index contributed by atoms with van der Waals surface area (Å²) in [6.45, 7) is 3.68. The number of halogens is 1. The van der Waals surface area contributed by atoms with Gasteiger partial charge in [-0.05, 0) is 38.2 Å². The Kier molecular flexibility index (Phi) is 3.69. The van der Waals surface area contributed by atoms with Gasteiger partial charge in [0, 0.05) is 11.4 Å². The van der Waals surface area contributed by atoms with Gasteiger partial charge in [0.2, 0.25) is 0 Å². The second-order valence-electron chi connectivity index (χ2n) is 3.89. The van der Waals surface area contributed by atoms with Gasteiger partial charge < -0.3 is 4.42 Å². The zero-order valence-electron chi connectivity index (χ0n) is 9.37. The Morgan fingerprint density at radius 2 is 2.06 bits per heavy atom. The van der Waals surface area contributed by atoms with Crippen molar-refractivity contribution in [1.82, 2.24) is 4.90 Å². The van der Waals surface area contributed by atoms with E-state index in [0.717, 1.165) is 28.9 Å². The summed E-state index contributed by atoms with van der Waals surface area (Å²) in [4.78, 5) is 3.48. The normalized spacial score (nSPS) is 11.2. The van der Waals surface area contributed by atoms with Crippen LogP contribution in [0, 0.1) is 6.92 Å². The number of hydrogen-bond acceptors (Lipinski definition) is 3. The Hall–Kier alpha value is -0.770. The summed E-state index contributed by atoms with van der Waals surface area (Å²) in [7, 11) is 2.07. The van der Waals surface area contributed by atoms with E-state index >= 15 is 0 Å². The monoisotopic (exact) mass is 255 g/mol. The molecule has 0 aromatic carbocycles. The fourth-order valence-electron chi connectivity index (χ4n) is 1.59. The Morgan fingerprint density at radius 3 is 2.62 bits per heavy atom. The summed E-state index contributed by atoms with van der Waals surface area (Å²) in [6, 6.07) is 8.02. The third-order valence-electron chi connectivity index (χ3n) is 2.28. The topological polar surface area (TPSA) is 16.4 Å². The maximum Gasteiger partial charge on any atom is 0.118 e. The van der Waals surface area contributed by atoms with E-state index in [1.807, 2.05) is 25.1 Å². The highest BCUT2D eigenvalue weighted by Gasteiger charge is 2.06. The molecule has 16 heavy (non-hydrogen) atoms. The van der Waals surface area contributed by atoms with Gasteiger partial charge in [-0.1, -0.05) is 11.6 Å². The first-order valence-corrected chi connectivity index (χ1v) is 6.31. The number of hydrogen-bond donors (Lipinski definition) is 0. The van der Waals surface area contributed by atoms with Crippen LogP contribution in [0.5, 0.6) is 0 Å². The fourth-order valence-corrected chi connectivity index (χ4v) is 2.76. The van der Waals surface area contributed by atoms with Crippen LogP contribution in [0.15, 0.2) is 28.7 Å². The lowest BCUT2D eigenvalue weighted by molar-refractivity contribution is 0.287. The van der Waals surface area contributed by atoms with Crippen LogP contribution in [0.3, 0.4) is 0 Å². The van der Waals surface area contributed by atoms with Gasteiger partial charge in [0.05, 0.1) is 10.9 Å². The first-order valence-electron chi connectivity index (χ1n) is 5.11. The smallest absolute Gasteiger partial charge is 0.118 e. The quantitative estimate of drug-likeness (QED) is 0.823. The molecule has 0 aliphatic carbocycles. The van der Waals surface area contributed by atoms with Crippen molar-refractivity contribution in [2.75, 3.05) is 7.05 Å². The number of nitrogens with zero attached hydrogens (tertiary/aromatic N) is 1. The van der Waals surface area contributed by atoms with Crippen LogP contribution < -0.4 is 0 Å². The Morgan fingerprint density at radius 1 is 1.25 bits per heavy atom. The molecule has 86 valence electrons. The molecule has 2 nitrogen and oxygen atoms in total. The molecule has 2 rings (SSSR count). The molecule has 2 aromatic rings. The summed E-state index contributed by atoms with van der Waals surface area (Å²) in [5.74, 6) is 1.96. The second kappa shape index (κ2) is 5.04. The van der Waals surface area contributed by atoms with Crippen molar-refractivity contribution in [3.05, 3.63) is 45.0 Å². The molecule has 0 fully saturated rings. The van der Waals surface area contributed by atoms with Gasteiger partial charge in [-0.15, -0.1) is 11.3 Å². The fraction of sp³-hybridized carbons (Fsp3) is 0.333. The van der Waals surface area contributed by atoms with Gasteiger partial charge in [0.25, 0.3) is 0 Å². The molecule has 0 radical (unpaired) electrons. The maximum atomic E-state index is 5.89. The van der Waals surface area contributed by atoms with Crippen molar-refractivity contribution in [2.24, 2.45) is 0 Å². The zero-order chi connectivity index (χ0) is 11.5. The van der Waals surface area contributed by atoms with E-state index in [9.17, 15) is 0 Å². The molecule has 0 saturated heterocycles. The minimum Gasteiger partial charge on any atom is -0.465 e. The molecule has 0 N–H and O–H groups in total. The molecule has 0 saturated carbocycles. The molecular weight excluding hydrogens is 242 g/mol. The number of rotatable bonds is 4. The third kappa shape index (κ3) is 3.11. The van der Waals surface area contributed by atoms with E-state index in [2.05, 4.69) is 18.0 Å². The van der Waals surface area contributed by atoms with Gasteiger partial charge >= 0.3 is 0 Å². The molecule has 0 amide bonds. The standard InChI is InChI=1S/C12H14ClNOS/c1-9-3-4-10(15-9)7-14(2)8-11-5-6-12(13)16-11/h3-6H,7-8H2,1-2H3. The van der Waals surface area contributed by atoms with E-state index in [-0.39, 0.29) is 0 Å². The lowest BCUT2D eigenvalue weighted by Crippen LogP contribution is -2.15. The van der Waals surface area contributed by atoms with E-state index in [1.165, 1.54) is 4.88 Å². The highest BCUT2D eigenvalue weighted by Crippen LogP contribution is 2.22. The van der Waals surface area contributed by atoms with Crippen molar-refractivity contribution in [2.45, 2.75) is 20.0 Å². The Labute approximate surface area is 104 Å². The van der Waals surface area contributed by atoms with Crippen molar-refractivity contribution in [1.29, 1.82) is 0 Å². The van der Waals surface area contributed by atoms with Crippen molar-refractivity contribution in [3.8, 4) is 0 Å². The van der Waals surface area contributed by atoms with Gasteiger partial charge in [-0.25, -0.2) is 0 Å². The molecule has 0 aliphatic heterocycles. The van der Waals surface area contributed by atoms with Crippen LogP contribution in [0.25, 0.3) is 0 Å². The summed E-state index contributed by atoms with van der Waals surface area (Å²) < 4.78 is 6.38. The molecule has 2 heterocycles. The minimum atomic E-state index is 0.823. The average Bonchev–Trinajstić information content (AvgIpc) is 2.76. The lowest BCUT2D eigenvalue weighted by atomic mass is 10.4. The van der Waals surface area contributed by atoms with Gasteiger partial charge in [-0.2, -0.15) is 0 Å². The molecule has 0 atom stereocenters. The van der Waals surface area contributed by atoms with Crippen LogP contribution in [0.4, 0.5) is 0 Å². The van der Waals surface area contributed by atoms with E-state index < -0.39 is 0 Å². The van der Waals surface area contributed by atoms with Crippen LogP contribution >= 0.6 is 22.9 Å². The van der Waals surface area contributed by atoms with Gasteiger partial charge in [0.15, 0.2) is 0 Å². The maximum absolute atomic E-state index is 5.89. The summed E-state index contributed by atoms with van der Waals surface area (Å²) in [5.41, 5.74) is 0. The molecule has 0 spiro atoms. The minimum absolute atomic E-state index is 0.823. The molecule has 4 heteroatoms. The second-order valence-corrected chi connectivity index (χ2v) is 5.69. The first kappa shape index (κ1) is 11.7. The SMILES string of the molecule is Cc1ccc(CN(C)Cc2ccc(Cl)s2)o1. The van der Waals surface area contributed by atoms with Crippen molar-refractivity contribution < 1.29 is 4.42 Å². The van der Waals surface area contributed by atoms with Crippen LogP contribution in [0.1, 0.15) is 16.4 Å². The highest BCUT2D eigenvalue weighted by molar-refractivity contribution is 7.16. The Balaban J connectivity index is 1.91. The first-order chi connectivity index (χ1) is 7.63. The molecule has 2 aromatic heterocycles. The Bertz CT molecular complexity index is 421. The molecule has 0 unspecified atom stereocenters. The van der Waals surface area contributed by atoms with Gasteiger partial charge in [0.1, 0.15) is 11.5 Å². The lowest BCUT2D eigenvalue weighted by Gasteiger charge is -2.13. The van der Waals surface area contributed by atoms with Crippen molar-refractivity contribution in [3.63, 3.8) is 0 Å². The third-order valence-corrected chi connectivity index (χ3v) is 3.49. The van der Waals surface area contributed by atoms with Crippen molar-refractivity contribution >= 4 is 22.9 Å². The summed E-state index contributed by atoms with van der Waals surface area (Å²) >= 11 is 7.51. The molecule has 0 bridgehead atoms. The van der Waals surface area contributed by atoms with Crippen LogP contribution in [0.2, 0.25) is 4.34 Å². The summed E-state index contributed by atoms with van der Waals surface area (Å²) in [6.07, 6.45) is 0. The number of aryl methyl sites for hydroxylation is 1.